The van der Waals surface area contributed by atoms with E-state index in [1.165, 1.54) is 0 Å². The standard InChI is InChI=1S/C28H24BrN3O3/c1-19-6-13-23(14-7-19)31-27(33)16-28(34)32-30-17-25-24-5-3-2-4-21(24)10-15-26(25)35-18-20-8-11-22(29)12-9-20/h2-15,17H,16,18H2,1H3,(H,31,33)(H,32,34). The van der Waals surface area contributed by atoms with Crippen molar-refractivity contribution >= 4 is 50.4 Å². The second-order valence-corrected chi connectivity index (χ2v) is 8.91. The lowest BCUT2D eigenvalue weighted by Crippen LogP contribution is -2.24. The van der Waals surface area contributed by atoms with Crippen molar-refractivity contribution in [3.05, 3.63) is 106 Å². The lowest BCUT2D eigenvalue weighted by molar-refractivity contribution is -0.126. The van der Waals surface area contributed by atoms with Gasteiger partial charge in [-0.3, -0.25) is 9.59 Å². The molecule has 176 valence electrons. The van der Waals surface area contributed by atoms with E-state index in [0.29, 0.717) is 18.0 Å². The van der Waals surface area contributed by atoms with Crippen LogP contribution in [0.3, 0.4) is 0 Å². The van der Waals surface area contributed by atoms with Crippen LogP contribution in [0, 0.1) is 6.92 Å². The predicted molar refractivity (Wildman–Crippen MR) is 143 cm³/mol. The molecule has 0 spiro atoms. The van der Waals surface area contributed by atoms with E-state index < -0.39 is 11.8 Å². The Labute approximate surface area is 212 Å². The summed E-state index contributed by atoms with van der Waals surface area (Å²) in [6.45, 7) is 2.35. The quantitative estimate of drug-likeness (QED) is 0.167. The van der Waals surface area contributed by atoms with Crippen LogP contribution in [0.5, 0.6) is 5.75 Å². The molecule has 0 aromatic heterocycles. The van der Waals surface area contributed by atoms with Crippen molar-refractivity contribution < 1.29 is 14.3 Å². The summed E-state index contributed by atoms with van der Waals surface area (Å²) < 4.78 is 7.09. The van der Waals surface area contributed by atoms with Crippen LogP contribution >= 0.6 is 15.9 Å². The number of benzene rings is 4. The minimum atomic E-state index is -0.511. The van der Waals surface area contributed by atoms with Crippen molar-refractivity contribution in [2.75, 3.05) is 5.32 Å². The molecule has 0 aliphatic heterocycles. The first-order valence-corrected chi connectivity index (χ1v) is 11.8. The summed E-state index contributed by atoms with van der Waals surface area (Å²) in [5, 5.41) is 8.77. The van der Waals surface area contributed by atoms with Crippen molar-refractivity contribution in [2.24, 2.45) is 5.10 Å². The summed E-state index contributed by atoms with van der Waals surface area (Å²) in [4.78, 5) is 24.4. The van der Waals surface area contributed by atoms with Gasteiger partial charge in [0.15, 0.2) is 0 Å². The highest BCUT2D eigenvalue weighted by molar-refractivity contribution is 9.10. The monoisotopic (exact) mass is 529 g/mol. The van der Waals surface area contributed by atoms with Crippen molar-refractivity contribution in [3.8, 4) is 5.75 Å². The number of nitrogens with one attached hydrogen (secondary N) is 2. The number of hydrogen-bond acceptors (Lipinski definition) is 4. The molecule has 0 fully saturated rings. The number of carbonyl (C=O) groups is 2. The molecule has 2 N–H and O–H groups in total. The molecule has 2 amide bonds. The molecule has 6 nitrogen and oxygen atoms in total. The third kappa shape index (κ3) is 6.77. The zero-order chi connectivity index (χ0) is 24.6. The van der Waals surface area contributed by atoms with Gasteiger partial charge in [-0.2, -0.15) is 5.10 Å². The fourth-order valence-corrected chi connectivity index (χ4v) is 3.74. The Bertz CT molecular complexity index is 1370. The van der Waals surface area contributed by atoms with E-state index in [0.717, 1.165) is 31.9 Å². The SMILES string of the molecule is Cc1ccc(NC(=O)CC(=O)NN=Cc2c(OCc3ccc(Br)cc3)ccc3ccccc23)cc1. The van der Waals surface area contributed by atoms with Gasteiger partial charge in [0.2, 0.25) is 11.8 Å². The van der Waals surface area contributed by atoms with Crippen LogP contribution in [-0.2, 0) is 16.2 Å². The van der Waals surface area contributed by atoms with Crippen molar-refractivity contribution in [2.45, 2.75) is 20.0 Å². The average Bonchev–Trinajstić information content (AvgIpc) is 2.85. The molecule has 0 bridgehead atoms. The molecular weight excluding hydrogens is 506 g/mol. The Kier molecular flexibility index (Phi) is 7.90. The Morgan fingerprint density at radius 1 is 0.914 bits per heavy atom. The number of amides is 2. The number of hydrazone groups is 1. The van der Waals surface area contributed by atoms with Gasteiger partial charge in [-0.15, -0.1) is 0 Å². The van der Waals surface area contributed by atoms with E-state index in [1.54, 1.807) is 18.3 Å². The summed E-state index contributed by atoms with van der Waals surface area (Å²) in [5.41, 5.74) is 5.93. The summed E-state index contributed by atoms with van der Waals surface area (Å²) in [6, 6.07) is 27.0. The Hall–Kier alpha value is -3.97. The fraction of sp³-hybridized carbons (Fsp3) is 0.107. The van der Waals surface area contributed by atoms with Crippen LogP contribution < -0.4 is 15.5 Å². The lowest BCUT2D eigenvalue weighted by atomic mass is 10.0. The van der Waals surface area contributed by atoms with Gasteiger partial charge < -0.3 is 10.1 Å². The molecular formula is C28H24BrN3O3. The maximum Gasteiger partial charge on any atom is 0.249 e. The predicted octanol–water partition coefficient (Wildman–Crippen LogP) is 5.97. The van der Waals surface area contributed by atoms with Gasteiger partial charge in [-0.05, 0) is 53.6 Å². The average molecular weight is 530 g/mol. The first-order valence-electron chi connectivity index (χ1n) is 11.1. The Balaban J connectivity index is 1.43. The molecule has 0 saturated heterocycles. The second kappa shape index (κ2) is 11.4. The second-order valence-electron chi connectivity index (χ2n) is 8.00. The minimum Gasteiger partial charge on any atom is -0.488 e. The molecule has 0 saturated carbocycles. The van der Waals surface area contributed by atoms with Crippen LogP contribution in [0.1, 0.15) is 23.1 Å². The molecule has 4 aromatic rings. The maximum atomic E-state index is 12.3. The summed E-state index contributed by atoms with van der Waals surface area (Å²) in [5.74, 6) is -0.282. The van der Waals surface area contributed by atoms with Gasteiger partial charge in [-0.1, -0.05) is 76.1 Å². The molecule has 35 heavy (non-hydrogen) atoms. The summed E-state index contributed by atoms with van der Waals surface area (Å²) in [6.07, 6.45) is 1.21. The fourth-order valence-electron chi connectivity index (χ4n) is 3.47. The highest BCUT2D eigenvalue weighted by Crippen LogP contribution is 2.27. The largest absolute Gasteiger partial charge is 0.488 e. The van der Waals surface area contributed by atoms with Gasteiger partial charge >= 0.3 is 0 Å². The molecule has 0 atom stereocenters. The molecule has 0 radical (unpaired) electrons. The first-order chi connectivity index (χ1) is 17.0. The molecule has 7 heteroatoms. The summed E-state index contributed by atoms with van der Waals surface area (Å²) >= 11 is 3.44. The highest BCUT2D eigenvalue weighted by Gasteiger charge is 2.11. The number of hydrogen-bond donors (Lipinski definition) is 2. The van der Waals surface area contributed by atoms with Crippen LogP contribution in [0.2, 0.25) is 0 Å². The molecule has 0 aliphatic carbocycles. The minimum absolute atomic E-state index is 0.340. The third-order valence-corrected chi connectivity index (χ3v) is 5.81. The van der Waals surface area contributed by atoms with Crippen molar-refractivity contribution in [1.29, 1.82) is 0 Å². The van der Waals surface area contributed by atoms with Gasteiger partial charge in [0.05, 0.1) is 6.21 Å². The van der Waals surface area contributed by atoms with Gasteiger partial charge in [0.25, 0.3) is 0 Å². The van der Waals surface area contributed by atoms with Crippen LogP contribution in [0.25, 0.3) is 10.8 Å². The van der Waals surface area contributed by atoms with E-state index in [2.05, 4.69) is 31.8 Å². The lowest BCUT2D eigenvalue weighted by Gasteiger charge is -2.12. The molecule has 4 rings (SSSR count). The molecule has 0 aliphatic rings. The zero-order valence-corrected chi connectivity index (χ0v) is 20.7. The molecule has 0 unspecified atom stereocenters. The zero-order valence-electron chi connectivity index (χ0n) is 19.1. The number of nitrogens with zero attached hydrogens (tertiary/aromatic N) is 1. The topological polar surface area (TPSA) is 79.8 Å². The van der Waals surface area contributed by atoms with Gasteiger partial charge in [0, 0.05) is 15.7 Å². The Morgan fingerprint density at radius 3 is 2.43 bits per heavy atom. The van der Waals surface area contributed by atoms with E-state index >= 15 is 0 Å². The van der Waals surface area contributed by atoms with E-state index in [1.807, 2.05) is 79.7 Å². The first kappa shape index (κ1) is 24.2. The normalized spacial score (nSPS) is 10.9. The number of fused-ring (bicyclic) bond motifs is 1. The van der Waals surface area contributed by atoms with Gasteiger partial charge in [0.1, 0.15) is 18.8 Å². The number of halogens is 1. The Morgan fingerprint density at radius 2 is 1.66 bits per heavy atom. The van der Waals surface area contributed by atoms with E-state index in [4.69, 9.17) is 4.74 Å². The van der Waals surface area contributed by atoms with E-state index in [9.17, 15) is 9.59 Å². The van der Waals surface area contributed by atoms with Crippen molar-refractivity contribution in [3.63, 3.8) is 0 Å². The molecule has 4 aromatic carbocycles. The molecule has 0 heterocycles. The summed E-state index contributed by atoms with van der Waals surface area (Å²) in [7, 11) is 0. The number of aryl methyl sites for hydroxylation is 1. The third-order valence-electron chi connectivity index (χ3n) is 5.28. The van der Waals surface area contributed by atoms with Crippen molar-refractivity contribution in [1.82, 2.24) is 5.43 Å². The van der Waals surface area contributed by atoms with Crippen LogP contribution in [-0.4, -0.2) is 18.0 Å². The van der Waals surface area contributed by atoms with Gasteiger partial charge in [-0.25, -0.2) is 5.43 Å². The number of ether oxygens (including phenoxy) is 1. The highest BCUT2D eigenvalue weighted by atomic mass is 79.9. The number of carbonyl (C=O) groups excluding carboxylic acids is 2. The maximum absolute atomic E-state index is 12.3. The number of anilines is 1. The number of rotatable bonds is 8. The van der Waals surface area contributed by atoms with Crippen LogP contribution in [0.15, 0.2) is 94.5 Å². The van der Waals surface area contributed by atoms with Crippen LogP contribution in [0.4, 0.5) is 5.69 Å². The van der Waals surface area contributed by atoms with E-state index in [-0.39, 0.29) is 6.42 Å². The smallest absolute Gasteiger partial charge is 0.249 e.